The van der Waals surface area contributed by atoms with Crippen LogP contribution in [-0.2, 0) is 6.54 Å². The highest BCUT2D eigenvalue weighted by molar-refractivity contribution is 7.16. The van der Waals surface area contributed by atoms with Gasteiger partial charge in [0.25, 0.3) is 0 Å². The van der Waals surface area contributed by atoms with Crippen molar-refractivity contribution >= 4 is 40.3 Å². The molecule has 19 heavy (non-hydrogen) atoms. The van der Waals surface area contributed by atoms with Gasteiger partial charge in [-0.1, -0.05) is 11.6 Å². The molecular formula is C13H14ClN3OS. The monoisotopic (exact) mass is 295 g/mol. The molecule has 0 saturated carbocycles. The number of carbonyl (C=O) groups excluding carboxylic acids is 1. The number of amides is 2. The topological polar surface area (TPSA) is 53.2 Å². The van der Waals surface area contributed by atoms with Gasteiger partial charge in [-0.15, -0.1) is 11.3 Å². The normalized spacial score (nSPS) is 10.0. The minimum atomic E-state index is -0.228. The molecule has 1 aromatic heterocycles. The van der Waals surface area contributed by atoms with Crippen LogP contribution in [0.5, 0.6) is 0 Å². The number of nitrogens with one attached hydrogen (secondary N) is 3. The summed E-state index contributed by atoms with van der Waals surface area (Å²) in [4.78, 5) is 12.3. The standard InChI is InChI=1S/C13H14ClN3OS/c1-15-13(18)17-10-4-2-9(3-5-10)16-8-11-6-7-12(14)19-11/h2-7,16H,8H2,1H3,(H2,15,17,18). The van der Waals surface area contributed by atoms with Gasteiger partial charge in [-0.2, -0.15) is 0 Å². The minimum Gasteiger partial charge on any atom is -0.380 e. The molecule has 0 aliphatic carbocycles. The van der Waals surface area contributed by atoms with Crippen LogP contribution in [0.2, 0.25) is 4.34 Å². The maximum Gasteiger partial charge on any atom is 0.318 e. The molecule has 0 saturated heterocycles. The van der Waals surface area contributed by atoms with Crippen molar-refractivity contribution in [2.75, 3.05) is 17.7 Å². The van der Waals surface area contributed by atoms with Gasteiger partial charge in [0.1, 0.15) is 0 Å². The first-order chi connectivity index (χ1) is 9.17. The first-order valence-corrected chi connectivity index (χ1v) is 6.93. The van der Waals surface area contributed by atoms with Crippen LogP contribution in [0.1, 0.15) is 4.88 Å². The second-order valence-electron chi connectivity index (χ2n) is 3.84. The number of rotatable bonds is 4. The molecule has 2 rings (SSSR count). The van der Waals surface area contributed by atoms with Crippen molar-refractivity contribution in [2.24, 2.45) is 0 Å². The largest absolute Gasteiger partial charge is 0.380 e. The lowest BCUT2D eigenvalue weighted by Gasteiger charge is -2.07. The van der Waals surface area contributed by atoms with Crippen molar-refractivity contribution in [3.05, 3.63) is 45.6 Å². The Bertz CT molecular complexity index is 553. The van der Waals surface area contributed by atoms with Crippen molar-refractivity contribution < 1.29 is 4.79 Å². The molecule has 0 bridgehead atoms. The van der Waals surface area contributed by atoms with E-state index in [-0.39, 0.29) is 6.03 Å². The molecule has 0 fully saturated rings. The summed E-state index contributed by atoms with van der Waals surface area (Å²) in [5.74, 6) is 0. The van der Waals surface area contributed by atoms with Crippen LogP contribution in [-0.4, -0.2) is 13.1 Å². The zero-order chi connectivity index (χ0) is 13.7. The Hall–Kier alpha value is -1.72. The predicted molar refractivity (Wildman–Crippen MR) is 81.2 cm³/mol. The Labute approximate surface area is 120 Å². The number of hydrogen-bond donors (Lipinski definition) is 3. The molecule has 4 nitrogen and oxygen atoms in total. The van der Waals surface area contributed by atoms with Crippen molar-refractivity contribution in [1.29, 1.82) is 0 Å². The van der Waals surface area contributed by atoms with Gasteiger partial charge in [-0.3, -0.25) is 0 Å². The molecule has 0 aliphatic rings. The number of halogens is 1. The van der Waals surface area contributed by atoms with Crippen LogP contribution in [0.25, 0.3) is 0 Å². The van der Waals surface area contributed by atoms with Gasteiger partial charge in [0.15, 0.2) is 0 Å². The number of hydrogen-bond acceptors (Lipinski definition) is 3. The van der Waals surface area contributed by atoms with Crippen LogP contribution in [0, 0.1) is 0 Å². The summed E-state index contributed by atoms with van der Waals surface area (Å²) in [6, 6.07) is 11.2. The summed E-state index contributed by atoms with van der Waals surface area (Å²) in [6.45, 7) is 0.736. The number of anilines is 2. The number of urea groups is 1. The molecule has 0 spiro atoms. The predicted octanol–water partition coefficient (Wildman–Crippen LogP) is 3.76. The molecule has 0 radical (unpaired) electrons. The van der Waals surface area contributed by atoms with E-state index in [4.69, 9.17) is 11.6 Å². The van der Waals surface area contributed by atoms with E-state index >= 15 is 0 Å². The van der Waals surface area contributed by atoms with Crippen molar-refractivity contribution in [1.82, 2.24) is 5.32 Å². The van der Waals surface area contributed by atoms with Gasteiger partial charge in [0.05, 0.1) is 4.34 Å². The number of thiophene rings is 1. The van der Waals surface area contributed by atoms with E-state index in [1.54, 1.807) is 18.4 Å². The van der Waals surface area contributed by atoms with E-state index in [1.165, 1.54) is 4.88 Å². The maximum atomic E-state index is 11.1. The summed E-state index contributed by atoms with van der Waals surface area (Å²) in [5, 5.41) is 8.50. The summed E-state index contributed by atoms with van der Waals surface area (Å²) >= 11 is 7.43. The van der Waals surface area contributed by atoms with Crippen molar-refractivity contribution in [3.8, 4) is 0 Å². The van der Waals surface area contributed by atoms with Gasteiger partial charge in [0, 0.05) is 29.8 Å². The molecule has 2 amide bonds. The van der Waals surface area contributed by atoms with E-state index in [0.29, 0.717) is 0 Å². The minimum absolute atomic E-state index is 0.228. The molecule has 6 heteroatoms. The lowest BCUT2D eigenvalue weighted by molar-refractivity contribution is 0.254. The first kappa shape index (κ1) is 13.7. The Morgan fingerprint density at radius 1 is 1.16 bits per heavy atom. The van der Waals surface area contributed by atoms with Crippen LogP contribution < -0.4 is 16.0 Å². The van der Waals surface area contributed by atoms with Gasteiger partial charge in [-0.25, -0.2) is 4.79 Å². The fraction of sp³-hybridized carbons (Fsp3) is 0.154. The van der Waals surface area contributed by atoms with E-state index < -0.39 is 0 Å². The molecule has 0 aliphatic heterocycles. The average molecular weight is 296 g/mol. The number of carbonyl (C=O) groups is 1. The van der Waals surface area contributed by atoms with E-state index in [1.807, 2.05) is 36.4 Å². The summed E-state index contributed by atoms with van der Waals surface area (Å²) in [5.41, 5.74) is 1.75. The SMILES string of the molecule is CNC(=O)Nc1ccc(NCc2ccc(Cl)s2)cc1. The third-order valence-corrected chi connectivity index (χ3v) is 3.70. The van der Waals surface area contributed by atoms with Crippen LogP contribution in [0.3, 0.4) is 0 Å². The third-order valence-electron chi connectivity index (χ3n) is 2.47. The van der Waals surface area contributed by atoms with E-state index in [2.05, 4.69) is 16.0 Å². The quantitative estimate of drug-likeness (QED) is 0.804. The second-order valence-corrected chi connectivity index (χ2v) is 5.64. The Morgan fingerprint density at radius 3 is 2.42 bits per heavy atom. The highest BCUT2D eigenvalue weighted by atomic mass is 35.5. The Balaban J connectivity index is 1.89. The summed E-state index contributed by atoms with van der Waals surface area (Å²) < 4.78 is 0.793. The number of benzene rings is 1. The van der Waals surface area contributed by atoms with Gasteiger partial charge >= 0.3 is 6.03 Å². The molecule has 2 aromatic rings. The Kier molecular flexibility index (Phi) is 4.65. The van der Waals surface area contributed by atoms with Crippen molar-refractivity contribution in [3.63, 3.8) is 0 Å². The first-order valence-electron chi connectivity index (χ1n) is 5.74. The van der Waals surface area contributed by atoms with Gasteiger partial charge in [0.2, 0.25) is 0 Å². The van der Waals surface area contributed by atoms with Crippen LogP contribution >= 0.6 is 22.9 Å². The lowest BCUT2D eigenvalue weighted by atomic mass is 10.3. The fourth-order valence-corrected chi connectivity index (χ4v) is 2.53. The molecule has 1 aromatic carbocycles. The lowest BCUT2D eigenvalue weighted by Crippen LogP contribution is -2.24. The van der Waals surface area contributed by atoms with Crippen LogP contribution in [0.15, 0.2) is 36.4 Å². The Morgan fingerprint density at radius 2 is 1.84 bits per heavy atom. The zero-order valence-electron chi connectivity index (χ0n) is 10.4. The molecule has 1 heterocycles. The van der Waals surface area contributed by atoms with Gasteiger partial charge in [-0.05, 0) is 36.4 Å². The highest BCUT2D eigenvalue weighted by Crippen LogP contribution is 2.22. The highest BCUT2D eigenvalue weighted by Gasteiger charge is 2.00. The maximum absolute atomic E-state index is 11.1. The molecular weight excluding hydrogens is 282 g/mol. The zero-order valence-corrected chi connectivity index (χ0v) is 11.9. The molecule has 0 unspecified atom stereocenters. The van der Waals surface area contributed by atoms with Gasteiger partial charge < -0.3 is 16.0 Å². The van der Waals surface area contributed by atoms with E-state index in [9.17, 15) is 4.79 Å². The molecule has 3 N–H and O–H groups in total. The fourth-order valence-electron chi connectivity index (χ4n) is 1.50. The molecule has 0 atom stereocenters. The summed E-state index contributed by atoms with van der Waals surface area (Å²) in [7, 11) is 1.58. The summed E-state index contributed by atoms with van der Waals surface area (Å²) in [6.07, 6.45) is 0. The van der Waals surface area contributed by atoms with Crippen LogP contribution in [0.4, 0.5) is 16.2 Å². The third kappa shape index (κ3) is 4.15. The average Bonchev–Trinajstić information content (AvgIpc) is 2.83. The smallest absolute Gasteiger partial charge is 0.318 e. The molecule has 100 valence electrons. The van der Waals surface area contributed by atoms with E-state index in [0.717, 1.165) is 22.3 Å². The second kappa shape index (κ2) is 6.45. The van der Waals surface area contributed by atoms with Crippen molar-refractivity contribution in [2.45, 2.75) is 6.54 Å².